The van der Waals surface area contributed by atoms with Crippen LogP contribution >= 0.6 is 11.3 Å². The Hall–Kier alpha value is -2.15. The Bertz CT molecular complexity index is 835. The maximum atomic E-state index is 13.0. The van der Waals surface area contributed by atoms with Gasteiger partial charge in [0.05, 0.1) is 27.5 Å². The normalized spacial score (nSPS) is 11.9. The van der Waals surface area contributed by atoms with Crippen LogP contribution in [0.5, 0.6) is 0 Å². The van der Waals surface area contributed by atoms with Crippen LogP contribution in [0.25, 0.3) is 15.8 Å². The van der Waals surface area contributed by atoms with E-state index in [1.807, 2.05) is 0 Å². The first kappa shape index (κ1) is 12.9. The molecular weight excluding hydrogens is 289 g/mol. The molecule has 0 fully saturated rings. The van der Waals surface area contributed by atoms with E-state index in [0.717, 1.165) is 10.7 Å². The van der Waals surface area contributed by atoms with Crippen LogP contribution in [0.3, 0.4) is 0 Å². The standard InChI is InChI=1S/C13H7F3N2OS/c14-13(15,16)9-3-1-2-4-10(9)18-12(19)8-5-6-20-11(8)7-17-18/h1-7H. The number of nitrogens with zero attached hydrogens (tertiary/aromatic N) is 2. The van der Waals surface area contributed by atoms with E-state index in [0.29, 0.717) is 10.1 Å². The fraction of sp³-hybridized carbons (Fsp3) is 0.0769. The summed E-state index contributed by atoms with van der Waals surface area (Å²) >= 11 is 1.32. The molecule has 2 aromatic heterocycles. The molecule has 0 bridgehead atoms. The summed E-state index contributed by atoms with van der Waals surface area (Å²) in [5, 5.41) is 5.90. The van der Waals surface area contributed by atoms with Gasteiger partial charge in [0, 0.05) is 0 Å². The second kappa shape index (κ2) is 4.45. The van der Waals surface area contributed by atoms with Crippen molar-refractivity contribution in [2.24, 2.45) is 0 Å². The fourth-order valence-corrected chi connectivity index (χ4v) is 2.69. The molecule has 3 rings (SSSR count). The molecule has 0 aliphatic heterocycles. The molecule has 0 unspecified atom stereocenters. The first-order valence-corrected chi connectivity index (χ1v) is 6.48. The fourth-order valence-electron chi connectivity index (χ4n) is 1.94. The number of para-hydroxylation sites is 1. The molecule has 102 valence electrons. The van der Waals surface area contributed by atoms with Gasteiger partial charge >= 0.3 is 6.18 Å². The molecule has 0 radical (unpaired) electrons. The molecule has 0 saturated heterocycles. The van der Waals surface area contributed by atoms with Gasteiger partial charge in [0.15, 0.2) is 0 Å². The molecule has 0 spiro atoms. The molecule has 0 atom stereocenters. The van der Waals surface area contributed by atoms with Crippen molar-refractivity contribution in [2.75, 3.05) is 0 Å². The average Bonchev–Trinajstić information content (AvgIpc) is 2.87. The number of hydrogen-bond donors (Lipinski definition) is 0. The molecule has 0 saturated carbocycles. The summed E-state index contributed by atoms with van der Waals surface area (Å²) in [5.41, 5.74) is -1.71. The summed E-state index contributed by atoms with van der Waals surface area (Å²) in [6, 6.07) is 6.46. The predicted molar refractivity (Wildman–Crippen MR) is 70.2 cm³/mol. The first-order chi connectivity index (χ1) is 9.48. The lowest BCUT2D eigenvalue weighted by Gasteiger charge is -2.13. The van der Waals surface area contributed by atoms with Crippen molar-refractivity contribution >= 4 is 21.4 Å². The molecule has 0 N–H and O–H groups in total. The second-order valence-electron chi connectivity index (χ2n) is 4.07. The Morgan fingerprint density at radius 3 is 2.65 bits per heavy atom. The largest absolute Gasteiger partial charge is 0.418 e. The third-order valence-corrected chi connectivity index (χ3v) is 3.70. The lowest BCUT2D eigenvalue weighted by Crippen LogP contribution is -2.23. The van der Waals surface area contributed by atoms with Crippen LogP contribution in [-0.2, 0) is 6.18 Å². The molecule has 2 heterocycles. The van der Waals surface area contributed by atoms with Gasteiger partial charge in [-0.05, 0) is 23.6 Å². The van der Waals surface area contributed by atoms with Crippen LogP contribution < -0.4 is 5.56 Å². The minimum atomic E-state index is -4.54. The van der Waals surface area contributed by atoms with Crippen molar-refractivity contribution in [3.05, 3.63) is 57.8 Å². The Morgan fingerprint density at radius 2 is 1.90 bits per heavy atom. The minimum absolute atomic E-state index is 0.266. The quantitative estimate of drug-likeness (QED) is 0.689. The van der Waals surface area contributed by atoms with Crippen LogP contribution in [0.1, 0.15) is 5.56 Å². The van der Waals surface area contributed by atoms with E-state index in [9.17, 15) is 18.0 Å². The second-order valence-corrected chi connectivity index (χ2v) is 5.02. The summed E-state index contributed by atoms with van der Waals surface area (Å²) in [5.74, 6) is 0. The highest BCUT2D eigenvalue weighted by molar-refractivity contribution is 7.17. The van der Waals surface area contributed by atoms with Crippen LogP contribution in [0.2, 0.25) is 0 Å². The van der Waals surface area contributed by atoms with Gasteiger partial charge in [-0.15, -0.1) is 11.3 Å². The highest BCUT2D eigenvalue weighted by Gasteiger charge is 2.34. The number of alkyl halides is 3. The minimum Gasteiger partial charge on any atom is -0.267 e. The van der Waals surface area contributed by atoms with Gasteiger partial charge in [-0.3, -0.25) is 4.79 Å². The predicted octanol–water partition coefficient (Wildman–Crippen LogP) is 3.47. The third kappa shape index (κ3) is 2.00. The smallest absolute Gasteiger partial charge is 0.267 e. The van der Waals surface area contributed by atoms with Gasteiger partial charge in [0.1, 0.15) is 0 Å². The Kier molecular flexibility index (Phi) is 2.86. The summed E-state index contributed by atoms with van der Waals surface area (Å²) in [6.07, 6.45) is -3.14. The molecule has 1 aromatic carbocycles. The van der Waals surface area contributed by atoms with Crippen molar-refractivity contribution in [1.29, 1.82) is 0 Å². The summed E-state index contributed by atoms with van der Waals surface area (Å²) in [7, 11) is 0. The van der Waals surface area contributed by atoms with E-state index in [-0.39, 0.29) is 5.69 Å². The maximum absolute atomic E-state index is 13.0. The zero-order valence-electron chi connectivity index (χ0n) is 9.89. The number of benzene rings is 1. The number of thiophene rings is 1. The van der Waals surface area contributed by atoms with E-state index in [1.54, 1.807) is 11.4 Å². The maximum Gasteiger partial charge on any atom is 0.418 e. The topological polar surface area (TPSA) is 34.9 Å². The highest BCUT2D eigenvalue weighted by Crippen LogP contribution is 2.33. The number of halogens is 3. The Balaban J connectivity index is 2.32. The van der Waals surface area contributed by atoms with Gasteiger partial charge in [-0.25, -0.2) is 0 Å². The zero-order valence-corrected chi connectivity index (χ0v) is 10.7. The molecular formula is C13H7F3N2OS. The van der Waals surface area contributed by atoms with Crippen LogP contribution in [0, 0.1) is 0 Å². The third-order valence-electron chi connectivity index (χ3n) is 2.85. The number of fused-ring (bicyclic) bond motifs is 1. The summed E-state index contributed by atoms with van der Waals surface area (Å²) in [4.78, 5) is 12.2. The van der Waals surface area contributed by atoms with Crippen molar-refractivity contribution in [2.45, 2.75) is 6.18 Å². The van der Waals surface area contributed by atoms with Gasteiger partial charge in [-0.2, -0.15) is 23.0 Å². The van der Waals surface area contributed by atoms with E-state index < -0.39 is 17.3 Å². The average molecular weight is 296 g/mol. The molecule has 20 heavy (non-hydrogen) atoms. The SMILES string of the molecule is O=c1c2ccsc2cnn1-c1ccccc1C(F)(F)F. The van der Waals surface area contributed by atoms with E-state index in [1.165, 1.54) is 35.7 Å². The number of rotatable bonds is 1. The highest BCUT2D eigenvalue weighted by atomic mass is 32.1. The summed E-state index contributed by atoms with van der Waals surface area (Å²) in [6.45, 7) is 0. The van der Waals surface area contributed by atoms with Crippen molar-refractivity contribution < 1.29 is 13.2 Å². The van der Waals surface area contributed by atoms with Gasteiger partial charge in [0.25, 0.3) is 5.56 Å². The van der Waals surface area contributed by atoms with Crippen LogP contribution in [0.4, 0.5) is 13.2 Å². The van der Waals surface area contributed by atoms with Crippen molar-refractivity contribution in [3.63, 3.8) is 0 Å². The first-order valence-electron chi connectivity index (χ1n) is 5.60. The van der Waals surface area contributed by atoms with Gasteiger partial charge in [0.2, 0.25) is 0 Å². The van der Waals surface area contributed by atoms with Crippen molar-refractivity contribution in [3.8, 4) is 5.69 Å². The lowest BCUT2D eigenvalue weighted by atomic mass is 10.1. The molecule has 3 aromatic rings. The molecule has 0 amide bonds. The Labute approximate surface area is 114 Å². The van der Waals surface area contributed by atoms with E-state index in [4.69, 9.17) is 0 Å². The number of hydrogen-bond acceptors (Lipinski definition) is 3. The van der Waals surface area contributed by atoms with E-state index >= 15 is 0 Å². The monoisotopic (exact) mass is 296 g/mol. The molecule has 0 aliphatic carbocycles. The van der Waals surface area contributed by atoms with Gasteiger partial charge in [-0.1, -0.05) is 12.1 Å². The van der Waals surface area contributed by atoms with Crippen LogP contribution in [0.15, 0.2) is 46.7 Å². The number of aromatic nitrogens is 2. The van der Waals surface area contributed by atoms with Crippen LogP contribution in [-0.4, -0.2) is 9.78 Å². The lowest BCUT2D eigenvalue weighted by molar-refractivity contribution is -0.137. The molecule has 7 heteroatoms. The zero-order chi connectivity index (χ0) is 14.3. The molecule has 0 aliphatic rings. The van der Waals surface area contributed by atoms with Crippen molar-refractivity contribution in [1.82, 2.24) is 9.78 Å². The van der Waals surface area contributed by atoms with E-state index in [2.05, 4.69) is 5.10 Å². The Morgan fingerprint density at radius 1 is 1.15 bits per heavy atom. The molecule has 3 nitrogen and oxygen atoms in total. The summed E-state index contributed by atoms with van der Waals surface area (Å²) < 4.78 is 40.4. The van der Waals surface area contributed by atoms with Gasteiger partial charge < -0.3 is 0 Å².